The lowest BCUT2D eigenvalue weighted by Crippen LogP contribution is -2.47. The second-order valence-electron chi connectivity index (χ2n) is 3.49. The Labute approximate surface area is 99.4 Å². The van der Waals surface area contributed by atoms with Crippen molar-refractivity contribution in [2.45, 2.75) is 26.0 Å². The summed E-state index contributed by atoms with van der Waals surface area (Å²) >= 11 is 0. The van der Waals surface area contributed by atoms with Gasteiger partial charge in [-0.15, -0.1) is 0 Å². The fraction of sp³-hybridized carbons (Fsp3) is 0.333. The largest absolute Gasteiger partial charge is 0.548 e. The number of hydrogen-bond acceptors (Lipinski definition) is 4. The molecule has 17 heavy (non-hydrogen) atoms. The summed E-state index contributed by atoms with van der Waals surface area (Å²) in [6.07, 6.45) is -0.507. The molecule has 0 aliphatic rings. The van der Waals surface area contributed by atoms with Crippen LogP contribution in [0.3, 0.4) is 0 Å². The first-order valence-corrected chi connectivity index (χ1v) is 5.31. The van der Waals surface area contributed by atoms with Crippen LogP contribution in [0.15, 0.2) is 30.3 Å². The summed E-state index contributed by atoms with van der Waals surface area (Å²) in [6.45, 7) is 1.74. The molecule has 1 rings (SSSR count). The number of amides is 1. The Hall–Kier alpha value is -2.04. The molecule has 0 saturated heterocycles. The second-order valence-corrected chi connectivity index (χ2v) is 3.49. The molecule has 0 saturated carbocycles. The number of aliphatic carboxylic acids is 1. The Morgan fingerprint density at radius 1 is 1.35 bits per heavy atom. The van der Waals surface area contributed by atoms with Gasteiger partial charge in [0.15, 0.2) is 0 Å². The highest BCUT2D eigenvalue weighted by molar-refractivity contribution is 5.78. The third-order valence-electron chi connectivity index (χ3n) is 2.20. The predicted molar refractivity (Wildman–Crippen MR) is 58.8 cm³/mol. The van der Waals surface area contributed by atoms with Crippen molar-refractivity contribution < 1.29 is 19.4 Å². The van der Waals surface area contributed by atoms with Gasteiger partial charge in [-0.2, -0.15) is 0 Å². The lowest BCUT2D eigenvalue weighted by Gasteiger charge is -2.17. The van der Waals surface area contributed by atoms with Crippen molar-refractivity contribution >= 4 is 12.1 Å². The van der Waals surface area contributed by atoms with Crippen molar-refractivity contribution in [3.05, 3.63) is 35.9 Å². The van der Waals surface area contributed by atoms with E-state index in [1.807, 2.05) is 30.3 Å². The summed E-state index contributed by atoms with van der Waals surface area (Å²) in [5.41, 5.74) is 0.837. The van der Waals surface area contributed by atoms with Gasteiger partial charge < -0.3 is 20.0 Å². The first kappa shape index (κ1) is 13.0. The van der Waals surface area contributed by atoms with Crippen molar-refractivity contribution in [2.75, 3.05) is 0 Å². The van der Waals surface area contributed by atoms with E-state index in [0.717, 1.165) is 5.56 Å². The smallest absolute Gasteiger partial charge is 0.407 e. The van der Waals surface area contributed by atoms with E-state index in [4.69, 9.17) is 4.74 Å². The minimum Gasteiger partial charge on any atom is -0.548 e. The van der Waals surface area contributed by atoms with E-state index in [1.165, 1.54) is 0 Å². The molecule has 1 N–H and O–H groups in total. The summed E-state index contributed by atoms with van der Waals surface area (Å²) in [5, 5.41) is 12.8. The molecule has 5 nitrogen and oxygen atoms in total. The number of ether oxygens (including phenoxy) is 1. The highest BCUT2D eigenvalue weighted by atomic mass is 16.5. The van der Waals surface area contributed by atoms with Crippen LogP contribution in [-0.2, 0) is 16.1 Å². The molecule has 0 heterocycles. The second kappa shape index (κ2) is 6.52. The molecule has 0 fully saturated rings. The van der Waals surface area contributed by atoms with Crippen LogP contribution >= 0.6 is 0 Å². The molecule has 0 aromatic heterocycles. The third kappa shape index (κ3) is 4.55. The molecule has 5 heteroatoms. The molecule has 0 radical (unpaired) electrons. The van der Waals surface area contributed by atoms with Crippen molar-refractivity contribution in [2.24, 2.45) is 0 Å². The van der Waals surface area contributed by atoms with Crippen LogP contribution in [0.4, 0.5) is 4.79 Å². The van der Waals surface area contributed by atoms with Gasteiger partial charge in [0.2, 0.25) is 0 Å². The van der Waals surface area contributed by atoms with Crippen LogP contribution in [0, 0.1) is 0 Å². The maximum atomic E-state index is 11.3. The summed E-state index contributed by atoms with van der Waals surface area (Å²) in [7, 11) is 0. The van der Waals surface area contributed by atoms with Gasteiger partial charge in [-0.25, -0.2) is 4.79 Å². The van der Waals surface area contributed by atoms with Gasteiger partial charge in [0.05, 0.1) is 12.0 Å². The number of benzene rings is 1. The first-order valence-electron chi connectivity index (χ1n) is 5.31. The van der Waals surface area contributed by atoms with E-state index in [1.54, 1.807) is 6.92 Å². The fourth-order valence-corrected chi connectivity index (χ4v) is 1.23. The lowest BCUT2D eigenvalue weighted by atomic mass is 10.2. The molecule has 1 amide bonds. The molecule has 0 spiro atoms. The van der Waals surface area contributed by atoms with Crippen LogP contribution in [0.5, 0.6) is 0 Å². The Morgan fingerprint density at radius 2 is 2.00 bits per heavy atom. The molecule has 0 unspecified atom stereocenters. The van der Waals surface area contributed by atoms with Gasteiger partial charge in [-0.3, -0.25) is 0 Å². The summed E-state index contributed by atoms with van der Waals surface area (Å²) in [5.74, 6) is -1.32. The zero-order valence-corrected chi connectivity index (χ0v) is 9.51. The predicted octanol–water partition coefficient (Wildman–Crippen LogP) is 0.441. The number of carbonyl (C=O) groups is 2. The van der Waals surface area contributed by atoms with Crippen LogP contribution in [0.1, 0.15) is 18.9 Å². The molecule has 0 bridgehead atoms. The Bertz CT molecular complexity index is 377. The lowest BCUT2D eigenvalue weighted by molar-refractivity contribution is -0.308. The normalized spacial score (nSPS) is 11.6. The average molecular weight is 236 g/mol. The van der Waals surface area contributed by atoms with Crippen LogP contribution in [0.2, 0.25) is 0 Å². The quantitative estimate of drug-likeness (QED) is 0.804. The van der Waals surface area contributed by atoms with E-state index in [-0.39, 0.29) is 13.0 Å². The van der Waals surface area contributed by atoms with Crippen LogP contribution in [-0.4, -0.2) is 18.1 Å². The van der Waals surface area contributed by atoms with Crippen molar-refractivity contribution in [3.8, 4) is 0 Å². The zero-order chi connectivity index (χ0) is 12.7. The molecule has 1 aromatic rings. The van der Waals surface area contributed by atoms with Crippen LogP contribution < -0.4 is 10.4 Å². The number of nitrogens with one attached hydrogen (secondary N) is 1. The number of carbonyl (C=O) groups excluding carboxylic acids is 2. The number of carboxylic acids is 1. The number of rotatable bonds is 5. The molecule has 0 aliphatic heterocycles. The monoisotopic (exact) mass is 236 g/mol. The van der Waals surface area contributed by atoms with E-state index < -0.39 is 18.1 Å². The highest BCUT2D eigenvalue weighted by Crippen LogP contribution is 2.01. The Kier molecular flexibility index (Phi) is 5.00. The highest BCUT2D eigenvalue weighted by Gasteiger charge is 2.11. The molecule has 1 aromatic carbocycles. The van der Waals surface area contributed by atoms with Crippen LogP contribution in [0.25, 0.3) is 0 Å². The summed E-state index contributed by atoms with van der Waals surface area (Å²) < 4.78 is 4.87. The maximum absolute atomic E-state index is 11.3. The average Bonchev–Trinajstić information content (AvgIpc) is 2.34. The Morgan fingerprint density at radius 3 is 2.53 bits per heavy atom. The zero-order valence-electron chi connectivity index (χ0n) is 9.51. The van der Waals surface area contributed by atoms with Crippen molar-refractivity contribution in [1.29, 1.82) is 0 Å². The minimum absolute atomic E-state index is 0.107. The standard InChI is InChI=1S/C12H15NO4/c1-2-10(11(14)15)13-12(16)17-8-9-6-4-3-5-7-9/h3-7,10H,2,8H2,1H3,(H,13,16)(H,14,15)/p-1/t10-/m0/s1. The van der Waals surface area contributed by atoms with Crippen molar-refractivity contribution in [1.82, 2.24) is 5.32 Å². The topological polar surface area (TPSA) is 78.5 Å². The van der Waals surface area contributed by atoms with Gasteiger partial charge in [0.25, 0.3) is 0 Å². The van der Waals surface area contributed by atoms with Crippen molar-refractivity contribution in [3.63, 3.8) is 0 Å². The number of hydrogen-bond donors (Lipinski definition) is 1. The van der Waals surface area contributed by atoms with E-state index in [9.17, 15) is 14.7 Å². The van der Waals surface area contributed by atoms with E-state index in [2.05, 4.69) is 5.32 Å². The fourth-order valence-electron chi connectivity index (χ4n) is 1.23. The minimum atomic E-state index is -1.32. The molecular formula is C12H14NO4-. The van der Waals surface area contributed by atoms with Gasteiger partial charge >= 0.3 is 6.09 Å². The molecule has 0 aliphatic carbocycles. The van der Waals surface area contributed by atoms with E-state index in [0.29, 0.717) is 0 Å². The van der Waals surface area contributed by atoms with Gasteiger partial charge in [0.1, 0.15) is 6.61 Å². The van der Waals surface area contributed by atoms with Gasteiger partial charge in [-0.05, 0) is 12.0 Å². The first-order chi connectivity index (χ1) is 8.13. The summed E-state index contributed by atoms with van der Waals surface area (Å²) in [6, 6.07) is 8.11. The van der Waals surface area contributed by atoms with Gasteiger partial charge in [-0.1, -0.05) is 37.3 Å². The molecule has 1 atom stereocenters. The van der Waals surface area contributed by atoms with E-state index >= 15 is 0 Å². The SMILES string of the molecule is CC[C@H](NC(=O)OCc1ccccc1)C(=O)[O-]. The summed E-state index contributed by atoms with van der Waals surface area (Å²) in [4.78, 5) is 21.8. The molecular weight excluding hydrogens is 222 g/mol. The Balaban J connectivity index is 2.37. The van der Waals surface area contributed by atoms with Gasteiger partial charge in [0, 0.05) is 0 Å². The third-order valence-corrected chi connectivity index (χ3v) is 2.20. The number of alkyl carbamates (subject to hydrolysis) is 1. The maximum Gasteiger partial charge on any atom is 0.407 e. The molecule has 92 valence electrons. The number of carboxylic acid groups (broad SMARTS) is 1.